The maximum Gasteiger partial charge on any atom is 0.0320 e. The van der Waals surface area contributed by atoms with Crippen LogP contribution in [0.5, 0.6) is 0 Å². The smallest absolute Gasteiger partial charge is 0.0320 e. The molecule has 1 heterocycles. The molecule has 0 spiro atoms. The number of fused-ring (bicyclic) bond motifs is 1. The lowest BCUT2D eigenvalue weighted by Crippen LogP contribution is -2.38. The van der Waals surface area contributed by atoms with E-state index < -0.39 is 0 Å². The molecule has 2 heteroatoms. The summed E-state index contributed by atoms with van der Waals surface area (Å²) in [6.07, 6.45) is 2.64. The molecule has 0 aliphatic carbocycles. The van der Waals surface area contributed by atoms with E-state index in [0.717, 1.165) is 12.5 Å². The highest BCUT2D eigenvalue weighted by Crippen LogP contribution is 2.28. The number of hydrogen-bond donors (Lipinski definition) is 1. The monoisotopic (exact) mass is 282 g/mol. The molecule has 0 bridgehead atoms. The molecular formula is C19H26N2. The second-order valence-corrected chi connectivity index (χ2v) is 6.32. The zero-order valence-corrected chi connectivity index (χ0v) is 13.2. The largest absolute Gasteiger partial charge is 0.319 e. The van der Waals surface area contributed by atoms with Crippen LogP contribution >= 0.6 is 0 Å². The Morgan fingerprint density at radius 1 is 1.10 bits per heavy atom. The Kier molecular flexibility index (Phi) is 4.57. The number of hydrogen-bond acceptors (Lipinski definition) is 2. The van der Waals surface area contributed by atoms with E-state index >= 15 is 0 Å². The van der Waals surface area contributed by atoms with Crippen molar-refractivity contribution in [2.24, 2.45) is 5.92 Å². The lowest BCUT2D eigenvalue weighted by atomic mass is 9.94. The molecule has 1 saturated heterocycles. The summed E-state index contributed by atoms with van der Waals surface area (Å²) < 4.78 is 0. The van der Waals surface area contributed by atoms with Crippen LogP contribution in [-0.2, 0) is 0 Å². The molecule has 0 aromatic heterocycles. The van der Waals surface area contributed by atoms with Crippen LogP contribution < -0.4 is 5.32 Å². The van der Waals surface area contributed by atoms with Crippen LogP contribution in [0.4, 0.5) is 0 Å². The molecule has 2 aromatic rings. The average molecular weight is 282 g/mol. The number of nitrogens with one attached hydrogen (secondary N) is 1. The molecule has 2 aromatic carbocycles. The molecule has 0 amide bonds. The fourth-order valence-electron chi connectivity index (χ4n) is 3.51. The summed E-state index contributed by atoms with van der Waals surface area (Å²) >= 11 is 0. The standard InChI is InChI=1S/C19H26N2/c1-15(21-11-9-16(10-12-21)14-20-2)18-8-7-17-5-3-4-6-19(17)13-18/h3-8,13,15-16,20H,9-12,14H2,1-2H3. The lowest BCUT2D eigenvalue weighted by molar-refractivity contribution is 0.141. The normalized spacial score (nSPS) is 19.0. The van der Waals surface area contributed by atoms with Gasteiger partial charge >= 0.3 is 0 Å². The maximum atomic E-state index is 3.31. The molecule has 21 heavy (non-hydrogen) atoms. The van der Waals surface area contributed by atoms with Crippen molar-refractivity contribution < 1.29 is 0 Å². The summed E-state index contributed by atoms with van der Waals surface area (Å²) in [6.45, 7) is 5.96. The predicted molar refractivity (Wildman–Crippen MR) is 90.6 cm³/mol. The first-order valence-corrected chi connectivity index (χ1v) is 8.15. The third kappa shape index (κ3) is 3.28. The highest BCUT2D eigenvalue weighted by molar-refractivity contribution is 5.83. The topological polar surface area (TPSA) is 15.3 Å². The highest BCUT2D eigenvalue weighted by Gasteiger charge is 2.23. The first-order valence-electron chi connectivity index (χ1n) is 8.15. The van der Waals surface area contributed by atoms with E-state index in [1.807, 2.05) is 0 Å². The van der Waals surface area contributed by atoms with Gasteiger partial charge < -0.3 is 5.32 Å². The minimum Gasteiger partial charge on any atom is -0.319 e. The molecule has 2 nitrogen and oxygen atoms in total. The molecule has 0 radical (unpaired) electrons. The fraction of sp³-hybridized carbons (Fsp3) is 0.474. The van der Waals surface area contributed by atoms with Crippen molar-refractivity contribution in [2.75, 3.05) is 26.7 Å². The van der Waals surface area contributed by atoms with Gasteiger partial charge in [-0.05, 0) is 74.8 Å². The third-order valence-electron chi connectivity index (χ3n) is 4.95. The Hall–Kier alpha value is -1.38. The van der Waals surface area contributed by atoms with E-state index in [4.69, 9.17) is 0 Å². The second-order valence-electron chi connectivity index (χ2n) is 6.32. The summed E-state index contributed by atoms with van der Waals surface area (Å²) in [5.41, 5.74) is 1.45. The van der Waals surface area contributed by atoms with Gasteiger partial charge in [0.1, 0.15) is 0 Å². The van der Waals surface area contributed by atoms with E-state index in [2.05, 4.69) is 66.7 Å². The van der Waals surface area contributed by atoms with E-state index in [0.29, 0.717) is 6.04 Å². The molecule has 1 fully saturated rings. The Labute approximate surface area is 128 Å². The molecule has 1 unspecified atom stereocenters. The SMILES string of the molecule is CNCC1CCN(C(C)c2ccc3ccccc3c2)CC1. The van der Waals surface area contributed by atoms with Crippen molar-refractivity contribution >= 4 is 10.8 Å². The Bertz CT molecular complexity index is 585. The third-order valence-corrected chi connectivity index (χ3v) is 4.95. The van der Waals surface area contributed by atoms with Crippen molar-refractivity contribution in [3.8, 4) is 0 Å². The van der Waals surface area contributed by atoms with Crippen LogP contribution in [0.2, 0.25) is 0 Å². The molecule has 1 N–H and O–H groups in total. The van der Waals surface area contributed by atoms with Gasteiger partial charge in [0.05, 0.1) is 0 Å². The average Bonchev–Trinajstić information content (AvgIpc) is 2.55. The number of nitrogens with zero attached hydrogens (tertiary/aromatic N) is 1. The molecule has 1 atom stereocenters. The van der Waals surface area contributed by atoms with Gasteiger partial charge in [-0.15, -0.1) is 0 Å². The van der Waals surface area contributed by atoms with Crippen LogP contribution in [-0.4, -0.2) is 31.6 Å². The molecule has 112 valence electrons. The van der Waals surface area contributed by atoms with Crippen molar-refractivity contribution in [1.29, 1.82) is 0 Å². The van der Waals surface area contributed by atoms with Crippen LogP contribution in [0, 0.1) is 5.92 Å². The Morgan fingerprint density at radius 3 is 2.52 bits per heavy atom. The van der Waals surface area contributed by atoms with Crippen molar-refractivity contribution in [1.82, 2.24) is 10.2 Å². The summed E-state index contributed by atoms with van der Waals surface area (Å²) in [4.78, 5) is 2.64. The van der Waals surface area contributed by atoms with Gasteiger partial charge in [-0.25, -0.2) is 0 Å². The number of benzene rings is 2. The summed E-state index contributed by atoms with van der Waals surface area (Å²) in [5.74, 6) is 0.857. The molecule has 1 aliphatic heterocycles. The summed E-state index contributed by atoms with van der Waals surface area (Å²) in [6, 6.07) is 16.1. The van der Waals surface area contributed by atoms with Crippen molar-refractivity contribution in [3.05, 3.63) is 48.0 Å². The number of piperidine rings is 1. The van der Waals surface area contributed by atoms with Crippen LogP contribution in [0.3, 0.4) is 0 Å². The minimum absolute atomic E-state index is 0.519. The first kappa shape index (κ1) is 14.6. The Morgan fingerprint density at radius 2 is 1.81 bits per heavy atom. The Balaban J connectivity index is 1.70. The van der Waals surface area contributed by atoms with Gasteiger partial charge in [0.25, 0.3) is 0 Å². The number of rotatable bonds is 4. The van der Waals surface area contributed by atoms with Gasteiger partial charge in [0.15, 0.2) is 0 Å². The predicted octanol–water partition coefficient (Wildman–Crippen LogP) is 3.83. The minimum atomic E-state index is 0.519. The summed E-state index contributed by atoms with van der Waals surface area (Å²) in [5, 5.41) is 6.00. The van der Waals surface area contributed by atoms with Crippen LogP contribution in [0.25, 0.3) is 10.8 Å². The fourth-order valence-corrected chi connectivity index (χ4v) is 3.51. The lowest BCUT2D eigenvalue weighted by Gasteiger charge is -2.36. The highest BCUT2D eigenvalue weighted by atomic mass is 15.2. The van der Waals surface area contributed by atoms with Gasteiger partial charge in [-0.1, -0.05) is 36.4 Å². The van der Waals surface area contributed by atoms with Gasteiger partial charge in [-0.2, -0.15) is 0 Å². The van der Waals surface area contributed by atoms with Crippen LogP contribution in [0.15, 0.2) is 42.5 Å². The van der Waals surface area contributed by atoms with E-state index in [1.165, 1.54) is 42.3 Å². The molecule has 1 aliphatic rings. The quantitative estimate of drug-likeness (QED) is 0.917. The van der Waals surface area contributed by atoms with E-state index in [-0.39, 0.29) is 0 Å². The van der Waals surface area contributed by atoms with E-state index in [1.54, 1.807) is 0 Å². The first-order chi connectivity index (χ1) is 10.3. The second kappa shape index (κ2) is 6.59. The van der Waals surface area contributed by atoms with Gasteiger partial charge in [-0.3, -0.25) is 4.90 Å². The van der Waals surface area contributed by atoms with E-state index in [9.17, 15) is 0 Å². The van der Waals surface area contributed by atoms with Crippen molar-refractivity contribution in [3.63, 3.8) is 0 Å². The van der Waals surface area contributed by atoms with Gasteiger partial charge in [0.2, 0.25) is 0 Å². The number of likely N-dealkylation sites (tertiary alicyclic amines) is 1. The molecular weight excluding hydrogens is 256 g/mol. The van der Waals surface area contributed by atoms with Crippen LogP contribution in [0.1, 0.15) is 31.4 Å². The zero-order chi connectivity index (χ0) is 14.7. The maximum absolute atomic E-state index is 3.31. The zero-order valence-electron chi connectivity index (χ0n) is 13.2. The van der Waals surface area contributed by atoms with Gasteiger partial charge in [0, 0.05) is 6.04 Å². The molecule has 3 rings (SSSR count). The molecule has 0 saturated carbocycles. The van der Waals surface area contributed by atoms with Crippen molar-refractivity contribution in [2.45, 2.75) is 25.8 Å². The summed E-state index contributed by atoms with van der Waals surface area (Å²) in [7, 11) is 2.06.